The van der Waals surface area contributed by atoms with Crippen molar-refractivity contribution in [1.29, 1.82) is 0 Å². The summed E-state index contributed by atoms with van der Waals surface area (Å²) in [4.78, 5) is 53.5. The summed E-state index contributed by atoms with van der Waals surface area (Å²) in [6.45, 7) is 8.19. The summed E-state index contributed by atoms with van der Waals surface area (Å²) in [5, 5.41) is 20.7. The average molecular weight is 649 g/mol. The van der Waals surface area contributed by atoms with Crippen molar-refractivity contribution in [2.45, 2.75) is 45.1 Å². The van der Waals surface area contributed by atoms with Gasteiger partial charge in [-0.2, -0.15) is 11.8 Å². The number of nitrogens with zero attached hydrogens (tertiary/aromatic N) is 5. The minimum atomic E-state index is -1.25. The number of piperazine rings is 1. The summed E-state index contributed by atoms with van der Waals surface area (Å²) in [5.41, 5.74) is 2.16. The number of thioether (sulfide) groups is 1. The van der Waals surface area contributed by atoms with E-state index in [0.717, 1.165) is 11.3 Å². The smallest absolute Gasteiger partial charge is 0.410 e. The van der Waals surface area contributed by atoms with Crippen LogP contribution in [0.15, 0.2) is 57.9 Å². The average Bonchev–Trinajstić information content (AvgIpc) is 3.57. The van der Waals surface area contributed by atoms with Crippen LogP contribution in [0.4, 0.5) is 16.2 Å². The quantitative estimate of drug-likeness (QED) is 0.245. The van der Waals surface area contributed by atoms with Gasteiger partial charge in [0.15, 0.2) is 0 Å². The zero-order valence-corrected chi connectivity index (χ0v) is 26.9. The number of hydrogen-bond donors (Lipinski definition) is 2. The second-order valence-corrected chi connectivity index (χ2v) is 12.1. The third-order valence-corrected chi connectivity index (χ3v) is 8.95. The number of carboxylic acids is 1. The van der Waals surface area contributed by atoms with E-state index in [9.17, 15) is 24.3 Å². The van der Waals surface area contributed by atoms with E-state index in [2.05, 4.69) is 20.4 Å². The number of ether oxygens (including phenoxy) is 1. The maximum absolute atomic E-state index is 12.8. The molecule has 2 aromatic heterocycles. The third-order valence-electron chi connectivity index (χ3n) is 8.04. The molecule has 2 unspecified atom stereocenters. The van der Waals surface area contributed by atoms with E-state index in [1.54, 1.807) is 58.5 Å². The second kappa shape index (κ2) is 14.1. The number of fused-ring (bicyclic) bond motifs is 1. The lowest BCUT2D eigenvalue weighted by atomic mass is 10.1. The fourth-order valence-corrected chi connectivity index (χ4v) is 5.40. The summed E-state index contributed by atoms with van der Waals surface area (Å²) in [5.74, 6) is -1.40. The molecule has 2 amide bonds. The van der Waals surface area contributed by atoms with Crippen LogP contribution in [-0.4, -0.2) is 75.2 Å². The molecule has 4 aromatic rings. The number of carboxylic acid groups (broad SMARTS) is 1. The maximum atomic E-state index is 12.8. The van der Waals surface area contributed by atoms with Gasteiger partial charge in [0.1, 0.15) is 18.1 Å². The first-order valence-corrected chi connectivity index (χ1v) is 16.2. The lowest BCUT2D eigenvalue weighted by Gasteiger charge is -2.35. The molecule has 1 aliphatic rings. The minimum Gasteiger partial charge on any atom is -0.477 e. The number of carbonyl (C=O) groups is 3. The highest BCUT2D eigenvalue weighted by atomic mass is 32.2. The molecule has 3 heterocycles. The van der Waals surface area contributed by atoms with Gasteiger partial charge < -0.3 is 33.9 Å². The summed E-state index contributed by atoms with van der Waals surface area (Å²) >= 11 is 1.58. The lowest BCUT2D eigenvalue weighted by molar-refractivity contribution is -0.117. The summed E-state index contributed by atoms with van der Waals surface area (Å²) < 4.78 is 13.0. The standard InChI is InChI=1S/C32H36N6O7S/c1-5-36-17-25(31(41)42)27(39)24-11-10-23(16-26(24)36)37-12-14-38(15-13-37)32(43)44-18-21-6-8-22(9-7-21)33-28(40)19(2)29-34-35-30(45-29)20(3)46-4/h6-11,16-17,19-20H,5,12-15,18H2,1-4H3,(H,33,40)(H,41,42). The second-order valence-electron chi connectivity index (χ2n) is 11.0. The van der Waals surface area contributed by atoms with Gasteiger partial charge in [0.25, 0.3) is 0 Å². The van der Waals surface area contributed by atoms with Crippen LogP contribution in [0.25, 0.3) is 10.9 Å². The van der Waals surface area contributed by atoms with Crippen LogP contribution in [0.5, 0.6) is 0 Å². The van der Waals surface area contributed by atoms with E-state index in [1.807, 2.05) is 32.2 Å². The number of amides is 2. The molecule has 14 heteroatoms. The number of aromatic nitrogens is 3. The van der Waals surface area contributed by atoms with E-state index in [4.69, 9.17) is 9.15 Å². The van der Waals surface area contributed by atoms with E-state index in [0.29, 0.717) is 55.2 Å². The van der Waals surface area contributed by atoms with Crippen molar-refractivity contribution < 1.29 is 28.6 Å². The van der Waals surface area contributed by atoms with Crippen molar-refractivity contribution in [1.82, 2.24) is 19.7 Å². The molecule has 0 spiro atoms. The Kier molecular flexibility index (Phi) is 9.95. The number of benzene rings is 2. The van der Waals surface area contributed by atoms with Crippen molar-refractivity contribution in [3.05, 3.63) is 81.8 Å². The number of nitrogens with one attached hydrogen (secondary N) is 1. The van der Waals surface area contributed by atoms with Crippen LogP contribution in [0.1, 0.15) is 59.6 Å². The molecule has 1 aliphatic heterocycles. The minimum absolute atomic E-state index is 0.0418. The molecule has 2 atom stereocenters. The fourth-order valence-electron chi connectivity index (χ4n) is 5.11. The SMILES string of the molecule is CCn1cc(C(=O)O)c(=O)c2ccc(N3CCN(C(=O)OCc4ccc(NC(=O)C(C)c5nnc(C(C)SC)o5)cc4)CC3)cc21. The largest absolute Gasteiger partial charge is 0.477 e. The van der Waals surface area contributed by atoms with Gasteiger partial charge in [0, 0.05) is 55.7 Å². The summed E-state index contributed by atoms with van der Waals surface area (Å²) in [6, 6.07) is 12.4. The molecule has 1 saturated heterocycles. The van der Waals surface area contributed by atoms with Gasteiger partial charge in [0.2, 0.25) is 23.1 Å². The van der Waals surface area contributed by atoms with Crippen molar-refractivity contribution in [2.75, 3.05) is 42.7 Å². The van der Waals surface area contributed by atoms with Gasteiger partial charge in [-0.15, -0.1) is 10.2 Å². The van der Waals surface area contributed by atoms with Crippen LogP contribution < -0.4 is 15.6 Å². The molecule has 2 N–H and O–H groups in total. The molecule has 0 radical (unpaired) electrons. The number of carbonyl (C=O) groups excluding carboxylic acids is 2. The third kappa shape index (κ3) is 7.01. The number of pyridine rings is 1. The Bertz CT molecular complexity index is 1800. The molecule has 0 aliphatic carbocycles. The molecule has 5 rings (SSSR count). The van der Waals surface area contributed by atoms with Crippen molar-refractivity contribution >= 4 is 52.0 Å². The Morgan fingerprint density at radius 3 is 2.39 bits per heavy atom. The van der Waals surface area contributed by atoms with E-state index in [1.165, 1.54) is 6.20 Å². The zero-order chi connectivity index (χ0) is 33.0. The predicted octanol–water partition coefficient (Wildman–Crippen LogP) is 4.73. The highest BCUT2D eigenvalue weighted by Crippen LogP contribution is 2.27. The Morgan fingerprint density at radius 2 is 1.74 bits per heavy atom. The van der Waals surface area contributed by atoms with Crippen molar-refractivity contribution in [3.63, 3.8) is 0 Å². The van der Waals surface area contributed by atoms with Crippen LogP contribution in [0.3, 0.4) is 0 Å². The molecular formula is C32H36N6O7S. The van der Waals surface area contributed by atoms with Crippen LogP contribution in [0, 0.1) is 0 Å². The molecule has 13 nitrogen and oxygen atoms in total. The first kappa shape index (κ1) is 32.5. The number of anilines is 2. The topological polar surface area (TPSA) is 160 Å². The van der Waals surface area contributed by atoms with E-state index in [-0.39, 0.29) is 29.2 Å². The zero-order valence-electron chi connectivity index (χ0n) is 26.1. The number of aryl methyl sites for hydroxylation is 1. The molecule has 0 bridgehead atoms. The number of hydrogen-bond acceptors (Lipinski definition) is 10. The van der Waals surface area contributed by atoms with Gasteiger partial charge in [0.05, 0.1) is 10.8 Å². The van der Waals surface area contributed by atoms with Gasteiger partial charge >= 0.3 is 12.1 Å². The first-order chi connectivity index (χ1) is 22.1. The lowest BCUT2D eigenvalue weighted by Crippen LogP contribution is -2.49. The molecule has 242 valence electrons. The van der Waals surface area contributed by atoms with Gasteiger partial charge in [-0.3, -0.25) is 9.59 Å². The first-order valence-electron chi connectivity index (χ1n) is 14.9. The molecular weight excluding hydrogens is 612 g/mol. The summed E-state index contributed by atoms with van der Waals surface area (Å²) in [7, 11) is 0. The highest BCUT2D eigenvalue weighted by Gasteiger charge is 2.25. The summed E-state index contributed by atoms with van der Waals surface area (Å²) in [6.07, 6.45) is 2.91. The molecule has 0 saturated carbocycles. The number of aromatic carboxylic acids is 1. The Labute approximate surface area is 269 Å². The van der Waals surface area contributed by atoms with Gasteiger partial charge in [-0.25, -0.2) is 9.59 Å². The van der Waals surface area contributed by atoms with Crippen LogP contribution in [-0.2, 0) is 22.7 Å². The molecule has 46 heavy (non-hydrogen) atoms. The molecule has 2 aromatic carbocycles. The monoisotopic (exact) mass is 648 g/mol. The van der Waals surface area contributed by atoms with Crippen molar-refractivity contribution in [2.24, 2.45) is 0 Å². The number of rotatable bonds is 10. The highest BCUT2D eigenvalue weighted by molar-refractivity contribution is 7.98. The maximum Gasteiger partial charge on any atom is 0.410 e. The van der Waals surface area contributed by atoms with Crippen LogP contribution in [0.2, 0.25) is 0 Å². The van der Waals surface area contributed by atoms with Gasteiger partial charge in [-0.1, -0.05) is 12.1 Å². The fraction of sp³-hybridized carbons (Fsp3) is 0.375. The van der Waals surface area contributed by atoms with Crippen molar-refractivity contribution in [3.8, 4) is 0 Å². The van der Waals surface area contributed by atoms with Gasteiger partial charge in [-0.05, 0) is 62.9 Å². The normalized spacial score (nSPS) is 14.6. The Hall–Kier alpha value is -4.85. The van der Waals surface area contributed by atoms with E-state index >= 15 is 0 Å². The van der Waals surface area contributed by atoms with E-state index < -0.39 is 23.4 Å². The Balaban J connectivity index is 1.12. The Morgan fingerprint density at radius 1 is 1.04 bits per heavy atom. The van der Waals surface area contributed by atoms with Crippen LogP contribution >= 0.6 is 11.8 Å². The molecule has 1 fully saturated rings. The predicted molar refractivity (Wildman–Crippen MR) is 175 cm³/mol.